The highest BCUT2D eigenvalue weighted by atomic mass is 16.5. The van der Waals surface area contributed by atoms with Crippen LogP contribution in [0.25, 0.3) is 0 Å². The van der Waals surface area contributed by atoms with Gasteiger partial charge in [-0.1, -0.05) is 0 Å². The van der Waals surface area contributed by atoms with E-state index in [4.69, 9.17) is 9.84 Å². The van der Waals surface area contributed by atoms with Gasteiger partial charge in [-0.3, -0.25) is 0 Å². The average Bonchev–Trinajstić information content (AvgIpc) is 2.30. The van der Waals surface area contributed by atoms with E-state index in [0.29, 0.717) is 19.0 Å². The molecule has 80 valence electrons. The number of morpholine rings is 1. The van der Waals surface area contributed by atoms with E-state index in [1.165, 1.54) is 12.3 Å². The van der Waals surface area contributed by atoms with E-state index in [0.717, 1.165) is 13.1 Å². The van der Waals surface area contributed by atoms with Crippen molar-refractivity contribution in [2.24, 2.45) is 0 Å². The molecule has 1 N–H and O–H groups in total. The Labute approximate surface area is 86.5 Å². The molecule has 1 saturated heterocycles. The molecule has 2 heterocycles. The Bertz CT molecular complexity index is 363. The molecule has 6 nitrogen and oxygen atoms in total. The predicted molar refractivity (Wildman–Crippen MR) is 52.0 cm³/mol. The Balaban J connectivity index is 2.19. The molecule has 1 aliphatic heterocycles. The molecule has 1 aromatic rings. The summed E-state index contributed by atoms with van der Waals surface area (Å²) in [5.41, 5.74) is 0.159. The molecule has 1 aliphatic rings. The van der Waals surface area contributed by atoms with E-state index in [2.05, 4.69) is 10.2 Å². The van der Waals surface area contributed by atoms with Crippen LogP contribution in [0.2, 0.25) is 0 Å². The smallest absolute Gasteiger partial charge is 0.337 e. The highest BCUT2D eigenvalue weighted by Gasteiger charge is 2.14. The first kappa shape index (κ1) is 9.85. The number of anilines is 1. The van der Waals surface area contributed by atoms with Crippen LogP contribution in [0.1, 0.15) is 10.4 Å². The van der Waals surface area contributed by atoms with Gasteiger partial charge in [-0.15, -0.1) is 5.10 Å². The number of hydrogen-bond donors (Lipinski definition) is 1. The van der Waals surface area contributed by atoms with Gasteiger partial charge in [-0.2, -0.15) is 5.10 Å². The molecular formula is C9H11N3O3. The summed E-state index contributed by atoms with van der Waals surface area (Å²) in [7, 11) is 0. The zero-order valence-electron chi connectivity index (χ0n) is 8.09. The van der Waals surface area contributed by atoms with Crippen molar-refractivity contribution in [2.45, 2.75) is 0 Å². The van der Waals surface area contributed by atoms with Gasteiger partial charge in [0.15, 0.2) is 5.82 Å². The van der Waals surface area contributed by atoms with E-state index in [1.807, 2.05) is 4.90 Å². The van der Waals surface area contributed by atoms with Gasteiger partial charge in [-0.25, -0.2) is 4.79 Å². The summed E-state index contributed by atoms with van der Waals surface area (Å²) in [4.78, 5) is 12.7. The molecule has 2 rings (SSSR count). The van der Waals surface area contributed by atoms with Gasteiger partial charge in [0, 0.05) is 13.1 Å². The third-order valence-electron chi connectivity index (χ3n) is 2.22. The first-order valence-electron chi connectivity index (χ1n) is 4.66. The van der Waals surface area contributed by atoms with E-state index < -0.39 is 5.97 Å². The second-order valence-corrected chi connectivity index (χ2v) is 3.21. The molecule has 1 aromatic heterocycles. The Hall–Kier alpha value is -1.69. The van der Waals surface area contributed by atoms with Gasteiger partial charge < -0.3 is 14.7 Å². The van der Waals surface area contributed by atoms with Crippen molar-refractivity contribution >= 4 is 11.8 Å². The fourth-order valence-electron chi connectivity index (χ4n) is 1.42. The average molecular weight is 209 g/mol. The lowest BCUT2D eigenvalue weighted by Gasteiger charge is -2.27. The largest absolute Gasteiger partial charge is 0.478 e. The lowest BCUT2D eigenvalue weighted by atomic mass is 10.3. The SMILES string of the molecule is O=C(O)c1cnnc(N2CCOCC2)c1. The van der Waals surface area contributed by atoms with Crippen LogP contribution in [0.3, 0.4) is 0 Å². The van der Waals surface area contributed by atoms with Crippen LogP contribution in [0, 0.1) is 0 Å². The maximum absolute atomic E-state index is 10.7. The van der Waals surface area contributed by atoms with Gasteiger partial charge >= 0.3 is 5.97 Å². The van der Waals surface area contributed by atoms with Crippen LogP contribution in [0.15, 0.2) is 12.3 Å². The molecule has 1 fully saturated rings. The number of carboxylic acid groups (broad SMARTS) is 1. The summed E-state index contributed by atoms with van der Waals surface area (Å²) in [6.45, 7) is 2.72. The van der Waals surface area contributed by atoms with Gasteiger partial charge in [0.25, 0.3) is 0 Å². The Morgan fingerprint density at radius 1 is 1.47 bits per heavy atom. The number of carboxylic acids is 1. The van der Waals surface area contributed by atoms with Crippen LogP contribution in [-0.2, 0) is 4.74 Å². The number of hydrogen-bond acceptors (Lipinski definition) is 5. The van der Waals surface area contributed by atoms with Crippen molar-refractivity contribution in [3.05, 3.63) is 17.8 Å². The third-order valence-corrected chi connectivity index (χ3v) is 2.22. The van der Waals surface area contributed by atoms with Crippen LogP contribution in [0.5, 0.6) is 0 Å². The zero-order chi connectivity index (χ0) is 10.7. The summed E-state index contributed by atoms with van der Waals surface area (Å²) in [6, 6.07) is 1.53. The second-order valence-electron chi connectivity index (χ2n) is 3.21. The van der Waals surface area contributed by atoms with Crippen molar-refractivity contribution in [1.82, 2.24) is 10.2 Å². The summed E-state index contributed by atoms with van der Waals surface area (Å²) in [6.07, 6.45) is 1.24. The van der Waals surface area contributed by atoms with E-state index in [-0.39, 0.29) is 5.56 Å². The molecule has 0 aromatic carbocycles. The summed E-state index contributed by atoms with van der Waals surface area (Å²) in [5.74, 6) is -0.391. The summed E-state index contributed by atoms with van der Waals surface area (Å²) >= 11 is 0. The van der Waals surface area contributed by atoms with E-state index >= 15 is 0 Å². The molecule has 0 bridgehead atoms. The Morgan fingerprint density at radius 2 is 2.20 bits per heavy atom. The lowest BCUT2D eigenvalue weighted by Crippen LogP contribution is -2.37. The summed E-state index contributed by atoms with van der Waals surface area (Å²) < 4.78 is 5.19. The molecule has 6 heteroatoms. The molecule has 0 saturated carbocycles. The monoisotopic (exact) mass is 209 g/mol. The van der Waals surface area contributed by atoms with Gasteiger partial charge in [0.2, 0.25) is 0 Å². The first-order valence-corrected chi connectivity index (χ1v) is 4.66. The second kappa shape index (κ2) is 4.22. The Kier molecular flexibility index (Phi) is 2.77. The van der Waals surface area contributed by atoms with Crippen molar-refractivity contribution in [3.8, 4) is 0 Å². The van der Waals surface area contributed by atoms with Gasteiger partial charge in [-0.05, 0) is 6.07 Å². The number of rotatable bonds is 2. The zero-order valence-corrected chi connectivity index (χ0v) is 8.09. The molecule has 0 atom stereocenters. The van der Waals surface area contributed by atoms with Crippen molar-refractivity contribution in [3.63, 3.8) is 0 Å². The predicted octanol–water partition coefficient (Wildman–Crippen LogP) is 0.0114. The number of aromatic nitrogens is 2. The number of nitrogens with zero attached hydrogens (tertiary/aromatic N) is 3. The molecule has 15 heavy (non-hydrogen) atoms. The van der Waals surface area contributed by atoms with Gasteiger partial charge in [0.1, 0.15) is 0 Å². The van der Waals surface area contributed by atoms with E-state index in [9.17, 15) is 4.79 Å². The van der Waals surface area contributed by atoms with Gasteiger partial charge in [0.05, 0.1) is 25.0 Å². The minimum absolute atomic E-state index is 0.159. The topological polar surface area (TPSA) is 75.5 Å². The van der Waals surface area contributed by atoms with Crippen molar-refractivity contribution < 1.29 is 14.6 Å². The normalized spacial score (nSPS) is 16.4. The number of ether oxygens (including phenoxy) is 1. The third kappa shape index (κ3) is 2.21. The molecule has 0 aliphatic carbocycles. The van der Waals surface area contributed by atoms with Crippen LogP contribution in [0.4, 0.5) is 5.82 Å². The maximum Gasteiger partial charge on any atom is 0.337 e. The molecule has 0 amide bonds. The minimum atomic E-state index is -0.987. The standard InChI is InChI=1S/C9H11N3O3/c13-9(14)7-5-8(11-10-6-7)12-1-3-15-4-2-12/h5-6H,1-4H2,(H,13,14). The quantitative estimate of drug-likeness (QED) is 0.739. The number of carbonyl (C=O) groups is 1. The fraction of sp³-hybridized carbons (Fsp3) is 0.444. The van der Waals surface area contributed by atoms with Crippen LogP contribution >= 0.6 is 0 Å². The molecule has 0 radical (unpaired) electrons. The van der Waals surface area contributed by atoms with Crippen molar-refractivity contribution in [2.75, 3.05) is 31.2 Å². The maximum atomic E-state index is 10.7. The van der Waals surface area contributed by atoms with E-state index in [1.54, 1.807) is 0 Å². The number of aromatic carboxylic acids is 1. The van der Waals surface area contributed by atoms with Crippen molar-refractivity contribution in [1.29, 1.82) is 0 Å². The Morgan fingerprint density at radius 3 is 2.87 bits per heavy atom. The van der Waals surface area contributed by atoms with Crippen LogP contribution in [-0.4, -0.2) is 47.6 Å². The fourth-order valence-corrected chi connectivity index (χ4v) is 1.42. The summed E-state index contributed by atoms with van der Waals surface area (Å²) in [5, 5.41) is 16.4. The van der Waals surface area contributed by atoms with Crippen LogP contribution < -0.4 is 4.90 Å². The first-order chi connectivity index (χ1) is 7.27. The molecule has 0 spiro atoms. The molecular weight excluding hydrogens is 198 g/mol. The molecule has 0 unspecified atom stereocenters. The highest BCUT2D eigenvalue weighted by molar-refractivity contribution is 5.87. The minimum Gasteiger partial charge on any atom is -0.478 e. The highest BCUT2D eigenvalue weighted by Crippen LogP contribution is 2.12. The lowest BCUT2D eigenvalue weighted by molar-refractivity contribution is 0.0696.